The van der Waals surface area contributed by atoms with E-state index in [-0.39, 0.29) is 4.21 Å². The highest BCUT2D eigenvalue weighted by atomic mass is 32.2. The number of carbonyl (C=O) groups is 1. The van der Waals surface area contributed by atoms with Gasteiger partial charge in [-0.3, -0.25) is 4.79 Å². The summed E-state index contributed by atoms with van der Waals surface area (Å²) in [6.45, 7) is 1.35. The van der Waals surface area contributed by atoms with Crippen LogP contribution >= 0.6 is 11.3 Å². The summed E-state index contributed by atoms with van der Waals surface area (Å²) >= 11 is 1.08. The number of rotatable bonds is 4. The van der Waals surface area contributed by atoms with Gasteiger partial charge in [0.25, 0.3) is 0 Å². The number of benzene rings is 1. The molecule has 0 saturated heterocycles. The Morgan fingerprint density at radius 3 is 2.71 bits per heavy atom. The fourth-order valence-electron chi connectivity index (χ4n) is 1.65. The van der Waals surface area contributed by atoms with Crippen molar-refractivity contribution in [3.05, 3.63) is 47.3 Å². The second-order valence-corrected chi connectivity index (χ2v) is 7.74. The van der Waals surface area contributed by atoms with Gasteiger partial charge in [-0.1, -0.05) is 12.1 Å². The van der Waals surface area contributed by atoms with Crippen LogP contribution in [0.3, 0.4) is 0 Å². The first-order valence-corrected chi connectivity index (χ1v) is 8.46. The van der Waals surface area contributed by atoms with Crippen molar-refractivity contribution in [2.24, 2.45) is 0 Å². The van der Waals surface area contributed by atoms with Crippen LogP contribution in [0.2, 0.25) is 0 Å². The molecule has 1 N–H and O–H groups in total. The topological polar surface area (TPSA) is 87.0 Å². The van der Waals surface area contributed by atoms with Crippen LogP contribution in [0.5, 0.6) is 0 Å². The Bertz CT molecular complexity index is 790. The van der Waals surface area contributed by atoms with E-state index in [2.05, 4.69) is 5.32 Å². The van der Waals surface area contributed by atoms with Crippen molar-refractivity contribution in [1.82, 2.24) is 0 Å². The quantitative estimate of drug-likeness (QED) is 0.937. The zero-order valence-electron chi connectivity index (χ0n) is 11.1. The standard InChI is InChI=1S/C14H12N2O3S2/c1-10(21(18,19)13-6-3-7-20-13)14(17)16-12-5-2-4-11(8-12)9-15/h2-8,10H,1H3,(H,16,17). The van der Waals surface area contributed by atoms with Crippen molar-refractivity contribution < 1.29 is 13.2 Å². The lowest BCUT2D eigenvalue weighted by molar-refractivity contribution is -0.115. The molecule has 2 aromatic rings. The van der Waals surface area contributed by atoms with Crippen molar-refractivity contribution >= 4 is 32.8 Å². The van der Waals surface area contributed by atoms with Gasteiger partial charge in [-0.15, -0.1) is 11.3 Å². The molecule has 1 heterocycles. The zero-order chi connectivity index (χ0) is 15.5. The zero-order valence-corrected chi connectivity index (χ0v) is 12.7. The molecular weight excluding hydrogens is 308 g/mol. The minimum atomic E-state index is -3.69. The number of sulfone groups is 1. The smallest absolute Gasteiger partial charge is 0.242 e. The molecule has 1 aromatic heterocycles. The molecule has 0 fully saturated rings. The summed E-state index contributed by atoms with van der Waals surface area (Å²) in [4.78, 5) is 12.1. The van der Waals surface area contributed by atoms with E-state index in [9.17, 15) is 13.2 Å². The van der Waals surface area contributed by atoms with Crippen LogP contribution in [0.15, 0.2) is 46.0 Å². The molecule has 7 heteroatoms. The molecule has 0 spiro atoms. The largest absolute Gasteiger partial charge is 0.325 e. The first kappa shape index (κ1) is 15.2. The molecule has 1 amide bonds. The first-order valence-electron chi connectivity index (χ1n) is 6.03. The van der Waals surface area contributed by atoms with Crippen LogP contribution in [0.1, 0.15) is 12.5 Å². The van der Waals surface area contributed by atoms with Crippen molar-refractivity contribution in [1.29, 1.82) is 5.26 Å². The van der Waals surface area contributed by atoms with E-state index in [0.717, 1.165) is 11.3 Å². The maximum absolute atomic E-state index is 12.2. The van der Waals surface area contributed by atoms with Crippen LogP contribution in [0, 0.1) is 11.3 Å². The lowest BCUT2D eigenvalue weighted by Gasteiger charge is -2.12. The Kier molecular flexibility index (Phi) is 4.40. The predicted molar refractivity (Wildman–Crippen MR) is 80.8 cm³/mol. The van der Waals surface area contributed by atoms with Gasteiger partial charge in [-0.2, -0.15) is 5.26 Å². The summed E-state index contributed by atoms with van der Waals surface area (Å²) in [6.07, 6.45) is 0. The number of anilines is 1. The SMILES string of the molecule is CC(C(=O)Nc1cccc(C#N)c1)S(=O)(=O)c1cccs1. The van der Waals surface area contributed by atoms with Gasteiger partial charge in [-0.05, 0) is 36.6 Å². The third-order valence-corrected chi connectivity index (χ3v) is 6.36. The Morgan fingerprint density at radius 2 is 2.10 bits per heavy atom. The number of thiophene rings is 1. The highest BCUT2D eigenvalue weighted by Gasteiger charge is 2.30. The summed E-state index contributed by atoms with van der Waals surface area (Å²) in [5.74, 6) is -0.626. The summed E-state index contributed by atoms with van der Waals surface area (Å²) in [5, 5.41) is 11.8. The number of carbonyl (C=O) groups excluding carboxylic acids is 1. The van der Waals surface area contributed by atoms with Gasteiger partial charge in [0, 0.05) is 5.69 Å². The van der Waals surface area contributed by atoms with Crippen molar-refractivity contribution in [3.63, 3.8) is 0 Å². The summed E-state index contributed by atoms with van der Waals surface area (Å²) in [7, 11) is -3.69. The number of hydrogen-bond donors (Lipinski definition) is 1. The molecule has 1 unspecified atom stereocenters. The van der Waals surface area contributed by atoms with Crippen molar-refractivity contribution in [2.45, 2.75) is 16.4 Å². The minimum Gasteiger partial charge on any atom is -0.325 e. The molecular formula is C14H12N2O3S2. The van der Waals surface area contributed by atoms with Crippen LogP contribution in [0.25, 0.3) is 0 Å². The van der Waals surface area contributed by atoms with Crippen LogP contribution in [0.4, 0.5) is 5.69 Å². The second-order valence-electron chi connectivity index (χ2n) is 4.30. The van der Waals surface area contributed by atoms with E-state index in [4.69, 9.17) is 5.26 Å². The van der Waals surface area contributed by atoms with Gasteiger partial charge in [-0.25, -0.2) is 8.42 Å². The number of hydrogen-bond acceptors (Lipinski definition) is 5. The van der Waals surface area contributed by atoms with Gasteiger partial charge in [0.15, 0.2) is 9.84 Å². The Hall–Kier alpha value is -2.17. The number of nitrogens with zero attached hydrogens (tertiary/aromatic N) is 1. The number of nitrogens with one attached hydrogen (secondary N) is 1. The van der Waals surface area contributed by atoms with Gasteiger partial charge in [0.2, 0.25) is 5.91 Å². The molecule has 1 aromatic carbocycles. The normalized spacial score (nSPS) is 12.4. The van der Waals surface area contributed by atoms with E-state index in [1.165, 1.54) is 19.1 Å². The van der Waals surface area contributed by atoms with Crippen molar-refractivity contribution in [3.8, 4) is 6.07 Å². The molecule has 0 saturated carbocycles. The Labute approximate surface area is 126 Å². The molecule has 0 bridgehead atoms. The molecule has 0 aliphatic carbocycles. The van der Waals surface area contributed by atoms with Crippen molar-refractivity contribution in [2.75, 3.05) is 5.32 Å². The van der Waals surface area contributed by atoms with E-state index in [1.807, 2.05) is 6.07 Å². The second kappa shape index (κ2) is 6.08. The predicted octanol–water partition coefficient (Wildman–Crippen LogP) is 2.42. The number of nitriles is 1. The Balaban J connectivity index is 2.19. The molecule has 5 nitrogen and oxygen atoms in total. The summed E-state index contributed by atoms with van der Waals surface area (Å²) in [5.41, 5.74) is 0.786. The van der Waals surface area contributed by atoms with Gasteiger partial charge in [0.1, 0.15) is 9.46 Å². The lowest BCUT2D eigenvalue weighted by atomic mass is 10.2. The molecule has 0 aliphatic heterocycles. The van der Waals surface area contributed by atoms with E-state index < -0.39 is 21.0 Å². The molecule has 108 valence electrons. The fraction of sp³-hybridized carbons (Fsp3) is 0.143. The first-order chi connectivity index (χ1) is 9.95. The molecule has 2 rings (SSSR count). The summed E-state index contributed by atoms with van der Waals surface area (Å²) < 4.78 is 24.7. The van der Waals surface area contributed by atoms with Gasteiger partial charge < -0.3 is 5.32 Å². The third kappa shape index (κ3) is 3.29. The summed E-state index contributed by atoms with van der Waals surface area (Å²) in [6, 6.07) is 11.4. The maximum Gasteiger partial charge on any atom is 0.242 e. The molecule has 21 heavy (non-hydrogen) atoms. The Morgan fingerprint density at radius 1 is 1.33 bits per heavy atom. The van der Waals surface area contributed by atoms with Crippen LogP contribution in [-0.4, -0.2) is 19.6 Å². The highest BCUT2D eigenvalue weighted by Crippen LogP contribution is 2.22. The van der Waals surface area contributed by atoms with Crippen LogP contribution in [-0.2, 0) is 14.6 Å². The average Bonchev–Trinajstić information content (AvgIpc) is 3.01. The van der Waals surface area contributed by atoms with E-state index in [1.54, 1.807) is 29.6 Å². The molecule has 1 atom stereocenters. The average molecular weight is 320 g/mol. The highest BCUT2D eigenvalue weighted by molar-refractivity contribution is 7.94. The minimum absolute atomic E-state index is 0.163. The number of amides is 1. The maximum atomic E-state index is 12.2. The molecule has 0 radical (unpaired) electrons. The van der Waals surface area contributed by atoms with E-state index in [0.29, 0.717) is 11.3 Å². The van der Waals surface area contributed by atoms with Gasteiger partial charge in [0.05, 0.1) is 11.6 Å². The monoisotopic (exact) mass is 320 g/mol. The third-order valence-electron chi connectivity index (χ3n) is 2.87. The van der Waals surface area contributed by atoms with Crippen LogP contribution < -0.4 is 5.32 Å². The molecule has 0 aliphatic rings. The lowest BCUT2D eigenvalue weighted by Crippen LogP contribution is -2.32. The van der Waals surface area contributed by atoms with E-state index >= 15 is 0 Å². The van der Waals surface area contributed by atoms with Gasteiger partial charge >= 0.3 is 0 Å². The fourth-order valence-corrected chi connectivity index (χ4v) is 4.19.